The molecule has 0 aromatic rings. The Morgan fingerprint density at radius 2 is 1.67 bits per heavy atom. The Morgan fingerprint density at radius 3 is 2.00 bits per heavy atom. The molecule has 0 aromatic carbocycles. The predicted molar refractivity (Wildman–Crippen MR) is 48.8 cm³/mol. The fourth-order valence-electron chi connectivity index (χ4n) is 0.235. The van der Waals surface area contributed by atoms with E-state index in [0.717, 1.165) is 0 Å². The van der Waals surface area contributed by atoms with E-state index in [2.05, 4.69) is 0 Å². The predicted octanol–water partition coefficient (Wildman–Crippen LogP) is 3.47. The van der Waals surface area contributed by atoms with Crippen molar-refractivity contribution in [2.75, 3.05) is 6.26 Å². The normalized spacial score (nSPS) is 9.78. The Balaban J connectivity index is 0. The second kappa shape index (κ2) is 15.7. The quantitative estimate of drug-likeness (QED) is 0.535. The summed E-state index contributed by atoms with van der Waals surface area (Å²) >= 11 is 1.71. The molecule has 0 aliphatic heterocycles. The largest absolute Gasteiger partial charge is 0.138 e. The summed E-state index contributed by atoms with van der Waals surface area (Å²) in [6.45, 7) is 6.00. The Hall–Kier alpha value is -0.170. The van der Waals surface area contributed by atoms with E-state index in [-0.39, 0.29) is 0 Å². The van der Waals surface area contributed by atoms with E-state index in [1.54, 1.807) is 11.8 Å². The number of hydrogen-bond acceptors (Lipinski definition) is 1. The minimum atomic E-state index is 1.71. The van der Waals surface area contributed by atoms with E-state index in [4.69, 9.17) is 0 Å². The topological polar surface area (TPSA) is 0 Å². The van der Waals surface area contributed by atoms with Gasteiger partial charge in [-0.25, -0.2) is 0 Å². The highest BCUT2D eigenvalue weighted by Crippen LogP contribution is 1.92. The summed E-state index contributed by atoms with van der Waals surface area (Å²) in [4.78, 5) is 0. The third-order valence-electron chi connectivity index (χ3n) is 0.518. The zero-order chi connectivity index (χ0) is 7.54. The van der Waals surface area contributed by atoms with Crippen LogP contribution in [-0.2, 0) is 0 Å². The zero-order valence-corrected chi connectivity index (χ0v) is 7.53. The minimum Gasteiger partial charge on any atom is -0.138 e. The van der Waals surface area contributed by atoms with Gasteiger partial charge in [-0.15, -0.1) is 11.8 Å². The molecule has 0 N–H and O–H groups in total. The Bertz CT molecular complexity index is 72.6. The number of allylic oxidation sites excluding steroid dienone is 3. The van der Waals surface area contributed by atoms with Crippen LogP contribution in [0.4, 0.5) is 0 Å². The van der Waals surface area contributed by atoms with E-state index >= 15 is 0 Å². The van der Waals surface area contributed by atoms with Crippen LogP contribution in [-0.4, -0.2) is 6.26 Å². The summed E-state index contributed by atoms with van der Waals surface area (Å²) in [5.41, 5.74) is 0. The molecule has 0 saturated heterocycles. The molecular formula is C8H16S. The maximum Gasteiger partial charge on any atom is -0.0142 e. The van der Waals surface area contributed by atoms with Crippen molar-refractivity contribution in [3.05, 3.63) is 23.6 Å². The van der Waals surface area contributed by atoms with Gasteiger partial charge in [0.1, 0.15) is 0 Å². The highest BCUT2D eigenvalue weighted by molar-refractivity contribution is 8.01. The molecule has 0 radical (unpaired) electrons. The lowest BCUT2D eigenvalue weighted by Gasteiger charge is -1.70. The summed E-state index contributed by atoms with van der Waals surface area (Å²) in [6.07, 6.45) is 8.08. The fourth-order valence-corrected chi connectivity index (χ4v) is 0.483. The van der Waals surface area contributed by atoms with Gasteiger partial charge in [0.25, 0.3) is 0 Å². The summed E-state index contributed by atoms with van der Waals surface area (Å²) in [5, 5.41) is 2.04. The molecule has 0 saturated carbocycles. The second-order valence-electron chi connectivity index (χ2n) is 1.09. The maximum atomic E-state index is 2.04. The summed E-state index contributed by atoms with van der Waals surface area (Å²) < 4.78 is 0. The van der Waals surface area contributed by atoms with E-state index < -0.39 is 0 Å². The van der Waals surface area contributed by atoms with Gasteiger partial charge in [0, 0.05) is 0 Å². The van der Waals surface area contributed by atoms with E-state index in [9.17, 15) is 0 Å². The van der Waals surface area contributed by atoms with Crippen LogP contribution in [0, 0.1) is 0 Å². The fraction of sp³-hybridized carbons (Fsp3) is 0.500. The summed E-state index contributed by atoms with van der Waals surface area (Å²) in [7, 11) is 0. The van der Waals surface area contributed by atoms with Crippen molar-refractivity contribution < 1.29 is 0 Å². The zero-order valence-electron chi connectivity index (χ0n) is 6.72. The van der Waals surface area contributed by atoms with Gasteiger partial charge in [-0.05, 0) is 18.6 Å². The van der Waals surface area contributed by atoms with Crippen LogP contribution in [0.15, 0.2) is 23.6 Å². The van der Waals surface area contributed by atoms with Crippen LogP contribution >= 0.6 is 11.8 Å². The Labute approximate surface area is 63.0 Å². The number of hydrogen-bond donors (Lipinski definition) is 0. The van der Waals surface area contributed by atoms with Crippen LogP contribution in [0.3, 0.4) is 0 Å². The standard InChI is InChI=1S/C6H10S.C2H6/c1-3-4-5-6-7-2;1-2/h3-6H,1-2H3;1-2H3/b4-3+,6-5-;. The SMILES string of the molecule is C/C=C/C=C\SC.CC. The minimum absolute atomic E-state index is 1.71. The molecule has 54 valence electrons. The van der Waals surface area contributed by atoms with Crippen molar-refractivity contribution in [3.8, 4) is 0 Å². The Morgan fingerprint density at radius 1 is 1.11 bits per heavy atom. The van der Waals surface area contributed by atoms with Crippen LogP contribution in [0.5, 0.6) is 0 Å². The van der Waals surface area contributed by atoms with Gasteiger partial charge >= 0.3 is 0 Å². The van der Waals surface area contributed by atoms with Gasteiger partial charge in [-0.1, -0.05) is 32.1 Å². The molecule has 0 amide bonds. The molecule has 0 aliphatic carbocycles. The molecule has 0 nitrogen and oxygen atoms in total. The van der Waals surface area contributed by atoms with Gasteiger partial charge < -0.3 is 0 Å². The number of thioether (sulfide) groups is 1. The highest BCUT2D eigenvalue weighted by atomic mass is 32.2. The Kier molecular flexibility index (Phi) is 20.2. The monoisotopic (exact) mass is 144 g/mol. The van der Waals surface area contributed by atoms with Gasteiger partial charge in [-0.2, -0.15) is 0 Å². The molecule has 0 unspecified atom stereocenters. The molecule has 9 heavy (non-hydrogen) atoms. The van der Waals surface area contributed by atoms with Crippen molar-refractivity contribution in [1.82, 2.24) is 0 Å². The molecule has 0 aliphatic rings. The second-order valence-corrected chi connectivity index (χ2v) is 1.83. The highest BCUT2D eigenvalue weighted by Gasteiger charge is 1.57. The first kappa shape index (κ1) is 11.6. The van der Waals surface area contributed by atoms with Crippen molar-refractivity contribution in [2.45, 2.75) is 20.8 Å². The van der Waals surface area contributed by atoms with E-state index in [0.29, 0.717) is 0 Å². The molecule has 0 bridgehead atoms. The van der Waals surface area contributed by atoms with Crippen molar-refractivity contribution >= 4 is 11.8 Å². The van der Waals surface area contributed by atoms with Crippen molar-refractivity contribution in [1.29, 1.82) is 0 Å². The average Bonchev–Trinajstić information content (AvgIpc) is 1.94. The lowest BCUT2D eigenvalue weighted by molar-refractivity contribution is 1.50. The van der Waals surface area contributed by atoms with Crippen LogP contribution in [0.2, 0.25) is 0 Å². The lowest BCUT2D eigenvalue weighted by Crippen LogP contribution is -1.43. The third kappa shape index (κ3) is 18.1. The smallest absolute Gasteiger partial charge is 0.0142 e. The van der Waals surface area contributed by atoms with E-state index in [1.165, 1.54) is 0 Å². The molecule has 0 spiro atoms. The first-order valence-corrected chi connectivity index (χ1v) is 4.51. The average molecular weight is 144 g/mol. The number of rotatable bonds is 2. The van der Waals surface area contributed by atoms with Crippen LogP contribution in [0.1, 0.15) is 20.8 Å². The molecule has 0 heterocycles. The molecule has 0 atom stereocenters. The molecule has 0 aromatic heterocycles. The van der Waals surface area contributed by atoms with Crippen LogP contribution in [0.25, 0.3) is 0 Å². The van der Waals surface area contributed by atoms with Gasteiger partial charge in [0.05, 0.1) is 0 Å². The van der Waals surface area contributed by atoms with Gasteiger partial charge in [-0.3, -0.25) is 0 Å². The van der Waals surface area contributed by atoms with Crippen molar-refractivity contribution in [3.63, 3.8) is 0 Å². The summed E-state index contributed by atoms with van der Waals surface area (Å²) in [6, 6.07) is 0. The summed E-state index contributed by atoms with van der Waals surface area (Å²) in [5.74, 6) is 0. The molecule has 1 heteroatoms. The molecule has 0 rings (SSSR count). The van der Waals surface area contributed by atoms with Gasteiger partial charge in [0.15, 0.2) is 0 Å². The van der Waals surface area contributed by atoms with E-state index in [1.807, 2.05) is 50.7 Å². The molecule has 0 fully saturated rings. The van der Waals surface area contributed by atoms with Gasteiger partial charge in [0.2, 0.25) is 0 Å². The maximum absolute atomic E-state index is 2.04. The third-order valence-corrected chi connectivity index (χ3v) is 0.948. The first-order chi connectivity index (χ1) is 4.41. The lowest BCUT2D eigenvalue weighted by atomic mass is 10.5. The first-order valence-electron chi connectivity index (χ1n) is 3.22. The van der Waals surface area contributed by atoms with Crippen LogP contribution < -0.4 is 0 Å². The molecular weight excluding hydrogens is 128 g/mol. The van der Waals surface area contributed by atoms with Crippen molar-refractivity contribution in [2.24, 2.45) is 0 Å².